The molecule has 1 aromatic carbocycles. The lowest BCUT2D eigenvalue weighted by Crippen LogP contribution is -2.49. The van der Waals surface area contributed by atoms with E-state index in [2.05, 4.69) is 10.2 Å². The van der Waals surface area contributed by atoms with Crippen LogP contribution in [-0.2, 0) is 10.0 Å². The van der Waals surface area contributed by atoms with Crippen molar-refractivity contribution in [1.29, 1.82) is 0 Å². The first-order chi connectivity index (χ1) is 9.53. The third-order valence-electron chi connectivity index (χ3n) is 3.42. The zero-order valence-electron chi connectivity index (χ0n) is 11.5. The molecule has 1 aliphatic heterocycles. The minimum absolute atomic E-state index is 0.153. The molecule has 1 fully saturated rings. The molecule has 2 rings (SSSR count). The minimum atomic E-state index is -3.14. The fourth-order valence-electron chi connectivity index (χ4n) is 2.26. The van der Waals surface area contributed by atoms with Crippen LogP contribution in [0.5, 0.6) is 0 Å². The Balaban J connectivity index is 1.95. The van der Waals surface area contributed by atoms with E-state index in [9.17, 15) is 8.42 Å². The van der Waals surface area contributed by atoms with E-state index >= 15 is 0 Å². The second-order valence-corrected chi connectivity index (χ2v) is 7.31. The molecule has 7 heteroatoms. The van der Waals surface area contributed by atoms with Crippen molar-refractivity contribution in [2.45, 2.75) is 0 Å². The Hall–Kier alpha value is -0.820. The first kappa shape index (κ1) is 15.6. The van der Waals surface area contributed by atoms with Gasteiger partial charge in [-0.05, 0) is 25.2 Å². The van der Waals surface area contributed by atoms with Crippen LogP contribution in [0.4, 0.5) is 5.69 Å². The number of sulfonamides is 1. The van der Waals surface area contributed by atoms with E-state index in [0.717, 1.165) is 5.69 Å². The molecule has 0 aliphatic carbocycles. The number of hydrogen-bond acceptors (Lipinski definition) is 4. The van der Waals surface area contributed by atoms with Crippen molar-refractivity contribution in [3.05, 3.63) is 29.3 Å². The Morgan fingerprint density at radius 2 is 1.95 bits per heavy atom. The van der Waals surface area contributed by atoms with Crippen molar-refractivity contribution in [3.8, 4) is 0 Å². The predicted octanol–water partition coefficient (Wildman–Crippen LogP) is 1.01. The summed E-state index contributed by atoms with van der Waals surface area (Å²) in [5, 5.41) is 3.57. The van der Waals surface area contributed by atoms with Crippen LogP contribution >= 0.6 is 11.6 Å². The maximum Gasteiger partial charge on any atom is 0.215 e. The summed E-state index contributed by atoms with van der Waals surface area (Å²) < 4.78 is 25.8. The second kappa shape index (κ2) is 6.76. The number of piperazine rings is 1. The average Bonchev–Trinajstić information content (AvgIpc) is 2.45. The Labute approximate surface area is 125 Å². The van der Waals surface area contributed by atoms with Crippen molar-refractivity contribution in [2.75, 3.05) is 50.4 Å². The summed E-state index contributed by atoms with van der Waals surface area (Å²) in [5.74, 6) is 0.153. The van der Waals surface area contributed by atoms with Crippen LogP contribution in [0.25, 0.3) is 0 Å². The molecule has 0 bridgehead atoms. The van der Waals surface area contributed by atoms with Gasteiger partial charge in [-0.3, -0.25) is 0 Å². The van der Waals surface area contributed by atoms with E-state index in [-0.39, 0.29) is 5.75 Å². The number of rotatable bonds is 5. The van der Waals surface area contributed by atoms with E-state index in [0.29, 0.717) is 37.7 Å². The highest BCUT2D eigenvalue weighted by Gasteiger charge is 2.26. The second-order valence-electron chi connectivity index (χ2n) is 4.79. The molecular formula is C13H20ClN3O2S. The van der Waals surface area contributed by atoms with Crippen molar-refractivity contribution >= 4 is 27.3 Å². The summed E-state index contributed by atoms with van der Waals surface area (Å²) in [5.41, 5.74) is 1.05. The van der Waals surface area contributed by atoms with Crippen LogP contribution in [-0.4, -0.2) is 58.2 Å². The zero-order chi connectivity index (χ0) is 14.6. The summed E-state index contributed by atoms with van der Waals surface area (Å²) in [6, 6.07) is 7.65. The Bertz CT molecular complexity index is 542. The molecule has 1 N–H and O–H groups in total. The van der Waals surface area contributed by atoms with Gasteiger partial charge >= 0.3 is 0 Å². The number of halogens is 1. The molecule has 20 heavy (non-hydrogen) atoms. The lowest BCUT2D eigenvalue weighted by molar-refractivity contribution is 0.384. The normalized spacial score (nSPS) is 17.4. The molecule has 0 saturated carbocycles. The van der Waals surface area contributed by atoms with Crippen LogP contribution in [0.1, 0.15) is 0 Å². The van der Waals surface area contributed by atoms with Crippen LogP contribution in [0.3, 0.4) is 0 Å². The van der Waals surface area contributed by atoms with Gasteiger partial charge in [0.05, 0.1) is 5.75 Å². The molecular weight excluding hydrogens is 298 g/mol. The summed E-state index contributed by atoms with van der Waals surface area (Å²) in [6.07, 6.45) is 0. The lowest BCUT2D eigenvalue weighted by atomic mass is 10.2. The fourth-order valence-corrected chi connectivity index (χ4v) is 3.88. The predicted molar refractivity (Wildman–Crippen MR) is 83.0 cm³/mol. The van der Waals surface area contributed by atoms with Gasteiger partial charge in [-0.15, -0.1) is 0 Å². The first-order valence-corrected chi connectivity index (χ1v) is 8.64. The van der Waals surface area contributed by atoms with Gasteiger partial charge in [0, 0.05) is 43.4 Å². The van der Waals surface area contributed by atoms with E-state index in [1.54, 1.807) is 11.4 Å². The number of anilines is 1. The van der Waals surface area contributed by atoms with Gasteiger partial charge in [0.1, 0.15) is 0 Å². The van der Waals surface area contributed by atoms with Gasteiger partial charge < -0.3 is 10.2 Å². The molecule has 0 aromatic heterocycles. The van der Waals surface area contributed by atoms with E-state index in [4.69, 9.17) is 11.6 Å². The highest BCUT2D eigenvalue weighted by molar-refractivity contribution is 7.89. The molecule has 0 amide bonds. The maximum absolute atomic E-state index is 12.1. The largest absolute Gasteiger partial charge is 0.369 e. The van der Waals surface area contributed by atoms with Crippen LogP contribution < -0.4 is 10.2 Å². The topological polar surface area (TPSA) is 52.7 Å². The molecule has 1 heterocycles. The summed E-state index contributed by atoms with van der Waals surface area (Å²) in [6.45, 7) is 2.92. The van der Waals surface area contributed by atoms with Gasteiger partial charge in [-0.2, -0.15) is 4.31 Å². The number of nitrogens with one attached hydrogen (secondary N) is 1. The van der Waals surface area contributed by atoms with Gasteiger partial charge in [0.2, 0.25) is 10.0 Å². The smallest absolute Gasteiger partial charge is 0.215 e. The standard InChI is InChI=1S/C13H20ClN3O2S/c1-15-5-10-20(18,19)17-8-6-16(7-9-17)13-4-2-3-12(14)11-13/h2-4,11,15H,5-10H2,1H3. The van der Waals surface area contributed by atoms with Gasteiger partial charge in [0.25, 0.3) is 0 Å². The monoisotopic (exact) mass is 317 g/mol. The summed E-state index contributed by atoms with van der Waals surface area (Å²) in [4.78, 5) is 2.16. The molecule has 0 spiro atoms. The van der Waals surface area contributed by atoms with Gasteiger partial charge in [-0.25, -0.2) is 8.42 Å². The highest BCUT2D eigenvalue weighted by Crippen LogP contribution is 2.21. The molecule has 1 saturated heterocycles. The lowest BCUT2D eigenvalue weighted by Gasteiger charge is -2.35. The molecule has 112 valence electrons. The number of benzene rings is 1. The third kappa shape index (κ3) is 3.85. The molecule has 0 atom stereocenters. The van der Waals surface area contributed by atoms with Crippen molar-refractivity contribution < 1.29 is 8.42 Å². The van der Waals surface area contributed by atoms with E-state index in [1.165, 1.54) is 0 Å². The Morgan fingerprint density at radius 1 is 1.25 bits per heavy atom. The zero-order valence-corrected chi connectivity index (χ0v) is 13.1. The first-order valence-electron chi connectivity index (χ1n) is 6.66. The summed E-state index contributed by atoms with van der Waals surface area (Å²) in [7, 11) is -1.38. The van der Waals surface area contributed by atoms with Crippen LogP contribution in [0.2, 0.25) is 5.02 Å². The van der Waals surface area contributed by atoms with Gasteiger partial charge in [0.15, 0.2) is 0 Å². The van der Waals surface area contributed by atoms with Crippen LogP contribution in [0.15, 0.2) is 24.3 Å². The van der Waals surface area contributed by atoms with Crippen molar-refractivity contribution in [2.24, 2.45) is 0 Å². The SMILES string of the molecule is CNCCS(=O)(=O)N1CCN(c2cccc(Cl)c2)CC1. The molecule has 0 unspecified atom stereocenters. The number of nitrogens with zero attached hydrogens (tertiary/aromatic N) is 2. The third-order valence-corrected chi connectivity index (χ3v) is 5.52. The quantitative estimate of drug-likeness (QED) is 0.880. The minimum Gasteiger partial charge on any atom is -0.369 e. The average molecular weight is 318 g/mol. The molecule has 0 radical (unpaired) electrons. The molecule has 1 aromatic rings. The molecule has 5 nitrogen and oxygen atoms in total. The fraction of sp³-hybridized carbons (Fsp3) is 0.538. The number of hydrogen-bond donors (Lipinski definition) is 1. The van der Waals surface area contributed by atoms with Crippen LogP contribution in [0, 0.1) is 0 Å². The Kier molecular flexibility index (Phi) is 5.26. The van der Waals surface area contributed by atoms with Gasteiger partial charge in [-0.1, -0.05) is 17.7 Å². The molecule has 1 aliphatic rings. The highest BCUT2D eigenvalue weighted by atomic mass is 35.5. The van der Waals surface area contributed by atoms with Crippen molar-refractivity contribution in [1.82, 2.24) is 9.62 Å². The van der Waals surface area contributed by atoms with E-state index < -0.39 is 10.0 Å². The van der Waals surface area contributed by atoms with E-state index in [1.807, 2.05) is 24.3 Å². The maximum atomic E-state index is 12.1. The summed E-state index contributed by atoms with van der Waals surface area (Å²) >= 11 is 5.98. The van der Waals surface area contributed by atoms with Crippen molar-refractivity contribution in [3.63, 3.8) is 0 Å². The Morgan fingerprint density at radius 3 is 2.55 bits per heavy atom.